The Morgan fingerprint density at radius 1 is 1.10 bits per heavy atom. The number of rotatable bonds is 10. The number of imidazole rings is 1. The lowest BCUT2D eigenvalue weighted by Crippen LogP contribution is -2.45. The second-order valence-corrected chi connectivity index (χ2v) is 7.63. The highest BCUT2D eigenvalue weighted by molar-refractivity contribution is 5.69. The van der Waals surface area contributed by atoms with Crippen LogP contribution in [0, 0.1) is 5.41 Å². The van der Waals surface area contributed by atoms with Crippen molar-refractivity contribution in [3.63, 3.8) is 0 Å². The predicted octanol–water partition coefficient (Wildman–Crippen LogP) is 0.178. The van der Waals surface area contributed by atoms with Crippen LogP contribution in [0.25, 0.3) is 11.2 Å². The van der Waals surface area contributed by atoms with E-state index in [2.05, 4.69) is 16.9 Å². The maximum Gasteiger partial charge on any atom is 0.286 e. The molecule has 5 N–H and O–H groups in total. The molecule has 10 nitrogen and oxygen atoms in total. The van der Waals surface area contributed by atoms with Crippen LogP contribution < -0.4 is 5.49 Å². The first kappa shape index (κ1) is 21.8. The van der Waals surface area contributed by atoms with Gasteiger partial charge in [-0.05, 0) is 6.42 Å². The molecule has 0 bridgehead atoms. The number of nitrogens with zero attached hydrogens (tertiary/aromatic N) is 4. The van der Waals surface area contributed by atoms with Crippen molar-refractivity contribution in [3.05, 3.63) is 18.1 Å². The van der Waals surface area contributed by atoms with Crippen molar-refractivity contribution < 1.29 is 25.2 Å². The zero-order valence-electron chi connectivity index (χ0n) is 16.7. The van der Waals surface area contributed by atoms with Gasteiger partial charge in [0.1, 0.15) is 24.2 Å². The van der Waals surface area contributed by atoms with Gasteiger partial charge in [0.2, 0.25) is 0 Å². The number of hydrogen-bond acceptors (Lipinski definition) is 8. The Labute approximate surface area is 168 Å². The Balaban J connectivity index is 1.83. The van der Waals surface area contributed by atoms with Gasteiger partial charge in [0.15, 0.2) is 17.1 Å². The summed E-state index contributed by atoms with van der Waals surface area (Å²) in [6.45, 7) is 2.23. The van der Waals surface area contributed by atoms with Gasteiger partial charge in [0, 0.05) is 6.54 Å². The minimum Gasteiger partial charge on any atom is -0.394 e. The number of unbranched alkanes of at least 4 members (excludes halogenated alkanes) is 6. The quantitative estimate of drug-likeness (QED) is 0.351. The number of nitrogens with one attached hydrogen (secondary N) is 1. The topological polar surface area (TPSA) is 150 Å². The minimum absolute atomic E-state index is 0.0649. The molecule has 1 fully saturated rings. The second kappa shape index (κ2) is 9.31. The number of aromatic nitrogens is 4. The van der Waals surface area contributed by atoms with Gasteiger partial charge in [-0.2, -0.15) is 0 Å². The maximum atomic E-state index is 11.0. The van der Waals surface area contributed by atoms with Crippen LogP contribution in [-0.2, 0) is 17.2 Å². The monoisotopic (exact) mass is 409 g/mol. The molecular formula is C19H31N5O5. The molecule has 0 saturated carbocycles. The third kappa shape index (κ3) is 4.22. The molecule has 2 aromatic heterocycles. The SMILES string of the molecule is CCCCCCCCCn1cnc(=N)c2ncn([C@]3(O)O[C@H](CO)[C@@H](O)[C@H]3O)c21. The average Bonchev–Trinajstić information content (AvgIpc) is 3.26. The van der Waals surface area contributed by atoms with Gasteiger partial charge >= 0.3 is 0 Å². The van der Waals surface area contributed by atoms with Crippen molar-refractivity contribution in [2.75, 3.05) is 6.61 Å². The van der Waals surface area contributed by atoms with Gasteiger partial charge in [0.25, 0.3) is 5.91 Å². The van der Waals surface area contributed by atoms with E-state index in [9.17, 15) is 20.4 Å². The Morgan fingerprint density at radius 2 is 1.79 bits per heavy atom. The number of fused-ring (bicyclic) bond motifs is 1. The molecule has 4 atom stereocenters. The van der Waals surface area contributed by atoms with E-state index >= 15 is 0 Å². The van der Waals surface area contributed by atoms with Crippen molar-refractivity contribution in [1.82, 2.24) is 19.1 Å². The van der Waals surface area contributed by atoms with Crippen LogP contribution in [0.5, 0.6) is 0 Å². The van der Waals surface area contributed by atoms with Gasteiger partial charge < -0.3 is 29.7 Å². The molecule has 0 aromatic carbocycles. The lowest BCUT2D eigenvalue weighted by molar-refractivity contribution is -0.287. The lowest BCUT2D eigenvalue weighted by Gasteiger charge is -2.28. The van der Waals surface area contributed by atoms with Crippen molar-refractivity contribution in [3.8, 4) is 0 Å². The van der Waals surface area contributed by atoms with Crippen molar-refractivity contribution in [2.24, 2.45) is 0 Å². The zero-order valence-corrected chi connectivity index (χ0v) is 16.7. The predicted molar refractivity (Wildman–Crippen MR) is 104 cm³/mol. The highest BCUT2D eigenvalue weighted by Crippen LogP contribution is 2.35. The van der Waals surface area contributed by atoms with E-state index in [-0.39, 0.29) is 11.0 Å². The molecule has 10 heteroatoms. The smallest absolute Gasteiger partial charge is 0.286 e. The number of hydrogen-bond donors (Lipinski definition) is 5. The summed E-state index contributed by atoms with van der Waals surface area (Å²) >= 11 is 0. The molecule has 0 radical (unpaired) electrons. The van der Waals surface area contributed by atoms with Gasteiger partial charge in [-0.1, -0.05) is 45.4 Å². The lowest BCUT2D eigenvalue weighted by atomic mass is 10.1. The molecule has 1 saturated heterocycles. The number of aliphatic hydroxyl groups excluding tert-OH is 3. The first-order valence-electron chi connectivity index (χ1n) is 10.3. The van der Waals surface area contributed by atoms with Crippen LogP contribution in [0.2, 0.25) is 0 Å². The van der Waals surface area contributed by atoms with Crippen molar-refractivity contribution in [2.45, 2.75) is 82.6 Å². The molecule has 1 aliphatic rings. The average molecular weight is 409 g/mol. The summed E-state index contributed by atoms with van der Waals surface area (Å²) in [4.78, 5) is 8.21. The van der Waals surface area contributed by atoms with Gasteiger partial charge in [-0.15, -0.1) is 0 Å². The normalized spacial score (nSPS) is 27.1. The molecule has 0 amide bonds. The highest BCUT2D eigenvalue weighted by Gasteiger charge is 2.55. The zero-order chi connectivity index (χ0) is 21.0. The second-order valence-electron chi connectivity index (χ2n) is 7.63. The Kier molecular flexibility index (Phi) is 7.01. The minimum atomic E-state index is -2.31. The number of aryl methyl sites for hydroxylation is 1. The standard InChI is InChI=1S/C19H31N5O5/c1-2-3-4-5-6-7-8-9-23-11-22-17(20)14-18(23)24(12-21-14)19(28)16(27)15(26)13(10-25)29-19/h11-13,15-16,20,25-28H,2-10H2,1H3/t13-,15-,16-,19-/m1/s1. The Hall–Kier alpha value is -1.85. The molecule has 0 aliphatic carbocycles. The molecule has 3 rings (SSSR count). The van der Waals surface area contributed by atoms with Crippen LogP contribution in [-0.4, -0.2) is 64.4 Å². The first-order valence-corrected chi connectivity index (χ1v) is 10.3. The van der Waals surface area contributed by atoms with E-state index in [0.717, 1.165) is 19.3 Å². The summed E-state index contributed by atoms with van der Waals surface area (Å²) in [5.41, 5.74) is 0.551. The van der Waals surface area contributed by atoms with Crippen LogP contribution in [0.15, 0.2) is 12.7 Å². The summed E-state index contributed by atoms with van der Waals surface area (Å²) in [6, 6.07) is 0. The van der Waals surface area contributed by atoms with Crippen LogP contribution in [0.4, 0.5) is 0 Å². The van der Waals surface area contributed by atoms with E-state index in [0.29, 0.717) is 12.2 Å². The van der Waals surface area contributed by atoms with Crippen LogP contribution in [0.1, 0.15) is 51.9 Å². The van der Waals surface area contributed by atoms with Gasteiger partial charge in [-0.3, -0.25) is 9.98 Å². The van der Waals surface area contributed by atoms with Crippen LogP contribution >= 0.6 is 0 Å². The summed E-state index contributed by atoms with van der Waals surface area (Å²) in [5.74, 6) is -2.31. The third-order valence-corrected chi connectivity index (χ3v) is 5.51. The number of aliphatic hydroxyl groups is 4. The van der Waals surface area contributed by atoms with Gasteiger partial charge in [-0.25, -0.2) is 9.97 Å². The Bertz CT molecular complexity index is 868. The summed E-state index contributed by atoms with van der Waals surface area (Å²) in [5, 5.41) is 48.8. The fourth-order valence-corrected chi connectivity index (χ4v) is 3.80. The molecule has 1 aliphatic heterocycles. The third-order valence-electron chi connectivity index (χ3n) is 5.51. The summed E-state index contributed by atoms with van der Waals surface area (Å²) in [6.07, 6.45) is 6.46. The first-order chi connectivity index (χ1) is 13.9. The van der Waals surface area contributed by atoms with E-state index in [4.69, 9.17) is 10.1 Å². The number of ether oxygens (including phenoxy) is 1. The molecular weight excluding hydrogens is 378 g/mol. The molecule has 3 heterocycles. The molecule has 162 valence electrons. The largest absolute Gasteiger partial charge is 0.394 e. The highest BCUT2D eigenvalue weighted by atomic mass is 16.7. The summed E-state index contributed by atoms with van der Waals surface area (Å²) in [7, 11) is 0. The van der Waals surface area contributed by atoms with E-state index in [1.165, 1.54) is 42.9 Å². The van der Waals surface area contributed by atoms with E-state index < -0.39 is 30.8 Å². The van der Waals surface area contributed by atoms with E-state index in [1.54, 1.807) is 4.57 Å². The fraction of sp³-hybridized carbons (Fsp3) is 0.737. The van der Waals surface area contributed by atoms with Gasteiger partial charge in [0.05, 0.1) is 12.9 Å². The maximum absolute atomic E-state index is 11.0. The Morgan fingerprint density at radius 3 is 2.45 bits per heavy atom. The molecule has 2 aromatic rings. The molecule has 0 unspecified atom stereocenters. The fourth-order valence-electron chi connectivity index (χ4n) is 3.80. The molecule has 0 spiro atoms. The molecule has 29 heavy (non-hydrogen) atoms. The summed E-state index contributed by atoms with van der Waals surface area (Å²) < 4.78 is 8.35. The van der Waals surface area contributed by atoms with E-state index in [1.807, 2.05) is 0 Å². The van der Waals surface area contributed by atoms with Crippen molar-refractivity contribution >= 4 is 11.2 Å². The van der Waals surface area contributed by atoms with Crippen LogP contribution in [0.3, 0.4) is 0 Å². The van der Waals surface area contributed by atoms with Crippen molar-refractivity contribution in [1.29, 1.82) is 5.41 Å².